The van der Waals surface area contributed by atoms with E-state index in [1.54, 1.807) is 20.0 Å². The first-order chi connectivity index (χ1) is 6.24. The predicted octanol–water partition coefficient (Wildman–Crippen LogP) is 1.41. The van der Waals surface area contributed by atoms with E-state index in [9.17, 15) is 9.59 Å². The second kappa shape index (κ2) is 4.95. The standard InChI is InChI=1S/C9H16O4Si/c1-7(2)9(11)12-6-14(4,5)13-8(3)10/h1,6H2,2-5H3. The SMILES string of the molecule is C=C(C)C(=O)OC[Si](C)(C)OC(C)=O. The van der Waals surface area contributed by atoms with Crippen LogP contribution >= 0.6 is 0 Å². The second-order valence-corrected chi connectivity index (χ2v) is 7.72. The van der Waals surface area contributed by atoms with E-state index < -0.39 is 14.3 Å². The van der Waals surface area contributed by atoms with E-state index >= 15 is 0 Å². The molecule has 0 rings (SSSR count). The monoisotopic (exact) mass is 216 g/mol. The van der Waals surface area contributed by atoms with Crippen molar-refractivity contribution >= 4 is 20.3 Å². The zero-order valence-corrected chi connectivity index (χ0v) is 10.0. The van der Waals surface area contributed by atoms with Crippen molar-refractivity contribution in [2.24, 2.45) is 0 Å². The second-order valence-electron chi connectivity index (χ2n) is 3.71. The largest absolute Gasteiger partial charge is 0.516 e. The molecule has 0 atom stereocenters. The molecule has 0 aliphatic heterocycles. The minimum absolute atomic E-state index is 0.165. The van der Waals surface area contributed by atoms with Gasteiger partial charge in [-0.15, -0.1) is 0 Å². The van der Waals surface area contributed by atoms with Crippen LogP contribution in [0.1, 0.15) is 13.8 Å². The first kappa shape index (κ1) is 12.9. The highest BCUT2D eigenvalue weighted by molar-refractivity contribution is 6.72. The molecule has 4 nitrogen and oxygen atoms in total. The molecule has 0 aromatic rings. The zero-order chi connectivity index (χ0) is 11.4. The van der Waals surface area contributed by atoms with E-state index in [-0.39, 0.29) is 12.2 Å². The highest BCUT2D eigenvalue weighted by Gasteiger charge is 2.28. The maximum Gasteiger partial charge on any atom is 0.332 e. The van der Waals surface area contributed by atoms with Crippen LogP contribution in [0.5, 0.6) is 0 Å². The van der Waals surface area contributed by atoms with Gasteiger partial charge in [-0.1, -0.05) is 6.58 Å². The van der Waals surface area contributed by atoms with Gasteiger partial charge in [0.2, 0.25) is 0 Å². The van der Waals surface area contributed by atoms with Crippen molar-refractivity contribution < 1.29 is 18.8 Å². The molecular weight excluding hydrogens is 200 g/mol. The molecule has 0 amide bonds. The van der Waals surface area contributed by atoms with Crippen LogP contribution in [0.15, 0.2) is 12.2 Å². The van der Waals surface area contributed by atoms with Gasteiger partial charge in [0.15, 0.2) is 0 Å². The molecule has 14 heavy (non-hydrogen) atoms. The van der Waals surface area contributed by atoms with Gasteiger partial charge in [0.1, 0.15) is 6.23 Å². The molecular formula is C9H16O4Si. The van der Waals surface area contributed by atoms with Crippen LogP contribution in [0, 0.1) is 0 Å². The Labute approximate surface area is 85.0 Å². The third kappa shape index (κ3) is 5.53. The summed E-state index contributed by atoms with van der Waals surface area (Å²) < 4.78 is 9.98. The van der Waals surface area contributed by atoms with Crippen molar-refractivity contribution in [3.8, 4) is 0 Å². The summed E-state index contributed by atoms with van der Waals surface area (Å²) in [6, 6.07) is 0. The summed E-state index contributed by atoms with van der Waals surface area (Å²) in [5.41, 5.74) is 0.345. The van der Waals surface area contributed by atoms with E-state index in [4.69, 9.17) is 9.16 Å². The molecule has 0 spiro atoms. The highest BCUT2D eigenvalue weighted by atomic mass is 28.4. The van der Waals surface area contributed by atoms with Gasteiger partial charge in [-0.25, -0.2) is 4.79 Å². The molecule has 0 aliphatic carbocycles. The van der Waals surface area contributed by atoms with Crippen LogP contribution in [0.4, 0.5) is 0 Å². The average Bonchev–Trinajstić information content (AvgIpc) is 1.97. The molecule has 0 fully saturated rings. The van der Waals surface area contributed by atoms with Gasteiger partial charge in [-0.3, -0.25) is 4.79 Å². The fourth-order valence-corrected chi connectivity index (χ4v) is 2.10. The molecule has 0 bridgehead atoms. The Morgan fingerprint density at radius 2 is 1.79 bits per heavy atom. The highest BCUT2D eigenvalue weighted by Crippen LogP contribution is 2.06. The lowest BCUT2D eigenvalue weighted by atomic mass is 10.4. The number of esters is 1. The molecule has 0 aromatic carbocycles. The summed E-state index contributed by atoms with van der Waals surface area (Å²) in [4.78, 5) is 21.7. The van der Waals surface area contributed by atoms with Crippen molar-refractivity contribution in [3.63, 3.8) is 0 Å². The van der Waals surface area contributed by atoms with Crippen LogP contribution < -0.4 is 0 Å². The molecule has 0 saturated heterocycles. The lowest BCUT2D eigenvalue weighted by Gasteiger charge is -2.21. The summed E-state index contributed by atoms with van der Waals surface area (Å²) in [7, 11) is -2.21. The summed E-state index contributed by atoms with van der Waals surface area (Å²) in [6.07, 6.45) is 0.165. The number of rotatable bonds is 4. The third-order valence-corrected chi connectivity index (χ3v) is 3.00. The molecule has 5 heteroatoms. The van der Waals surface area contributed by atoms with Crippen LogP contribution in [0.25, 0.3) is 0 Å². The topological polar surface area (TPSA) is 52.6 Å². The molecule has 0 radical (unpaired) electrons. The predicted molar refractivity (Wildman–Crippen MR) is 55.0 cm³/mol. The lowest BCUT2D eigenvalue weighted by Crippen LogP contribution is -2.39. The van der Waals surface area contributed by atoms with Gasteiger partial charge in [0, 0.05) is 12.5 Å². The van der Waals surface area contributed by atoms with Crippen LogP contribution in [0.2, 0.25) is 13.1 Å². The molecule has 0 aromatic heterocycles. The first-order valence-corrected chi connectivity index (χ1v) is 7.38. The fourth-order valence-electron chi connectivity index (χ4n) is 0.781. The summed E-state index contributed by atoms with van der Waals surface area (Å²) in [5, 5.41) is 0. The number of carbonyl (C=O) groups excluding carboxylic acids is 2. The Morgan fingerprint density at radius 3 is 2.14 bits per heavy atom. The molecule has 0 saturated carbocycles. The van der Waals surface area contributed by atoms with E-state index in [0.717, 1.165) is 0 Å². The number of hydrogen-bond donors (Lipinski definition) is 0. The molecule has 80 valence electrons. The molecule has 0 aliphatic rings. The van der Waals surface area contributed by atoms with Crippen molar-refractivity contribution in [3.05, 3.63) is 12.2 Å². The first-order valence-electron chi connectivity index (χ1n) is 4.27. The Balaban J connectivity index is 4.05. The van der Waals surface area contributed by atoms with Gasteiger partial charge in [-0.2, -0.15) is 0 Å². The Bertz CT molecular complexity index is 258. The van der Waals surface area contributed by atoms with Crippen LogP contribution in [0.3, 0.4) is 0 Å². The van der Waals surface area contributed by atoms with Gasteiger partial charge in [0.05, 0.1) is 0 Å². The minimum Gasteiger partial charge on any atom is -0.516 e. The van der Waals surface area contributed by atoms with Crippen molar-refractivity contribution in [2.75, 3.05) is 6.23 Å². The zero-order valence-electron chi connectivity index (χ0n) is 9.05. The quantitative estimate of drug-likeness (QED) is 0.405. The van der Waals surface area contributed by atoms with E-state index in [1.165, 1.54) is 6.92 Å². The van der Waals surface area contributed by atoms with E-state index in [0.29, 0.717) is 5.57 Å². The van der Waals surface area contributed by atoms with E-state index in [1.807, 2.05) is 0 Å². The normalized spacial score (nSPS) is 10.6. The van der Waals surface area contributed by atoms with Crippen molar-refractivity contribution in [1.82, 2.24) is 0 Å². The van der Waals surface area contributed by atoms with Crippen LogP contribution in [-0.4, -0.2) is 26.5 Å². The van der Waals surface area contributed by atoms with Gasteiger partial charge < -0.3 is 9.16 Å². The molecule has 0 heterocycles. The van der Waals surface area contributed by atoms with Gasteiger partial charge in [0.25, 0.3) is 14.3 Å². The summed E-state index contributed by atoms with van der Waals surface area (Å²) in [5.74, 6) is -0.786. The average molecular weight is 216 g/mol. The summed E-state index contributed by atoms with van der Waals surface area (Å²) in [6.45, 7) is 9.98. The maximum absolute atomic E-state index is 11.0. The number of ether oxygens (including phenoxy) is 1. The molecule has 0 N–H and O–H groups in total. The van der Waals surface area contributed by atoms with Crippen molar-refractivity contribution in [2.45, 2.75) is 26.9 Å². The third-order valence-electron chi connectivity index (χ3n) is 1.32. The fraction of sp³-hybridized carbons (Fsp3) is 0.556. The number of carbonyl (C=O) groups is 2. The van der Waals surface area contributed by atoms with Gasteiger partial charge >= 0.3 is 5.97 Å². The Kier molecular flexibility index (Phi) is 4.56. The van der Waals surface area contributed by atoms with Crippen molar-refractivity contribution in [1.29, 1.82) is 0 Å². The summed E-state index contributed by atoms with van der Waals surface area (Å²) >= 11 is 0. The van der Waals surface area contributed by atoms with Gasteiger partial charge in [-0.05, 0) is 20.0 Å². The smallest absolute Gasteiger partial charge is 0.332 e. The van der Waals surface area contributed by atoms with Crippen LogP contribution in [-0.2, 0) is 18.8 Å². The number of hydrogen-bond acceptors (Lipinski definition) is 4. The Morgan fingerprint density at radius 1 is 1.29 bits per heavy atom. The Hall–Kier alpha value is -1.10. The van der Waals surface area contributed by atoms with E-state index in [2.05, 4.69) is 6.58 Å². The minimum atomic E-state index is -2.21. The maximum atomic E-state index is 11.0. The molecule has 0 unspecified atom stereocenters. The lowest BCUT2D eigenvalue weighted by molar-refractivity contribution is -0.139.